The number of aryl methyl sites for hydroxylation is 1. The molecule has 1 nitrogen and oxygen atoms in total. The van der Waals surface area contributed by atoms with Gasteiger partial charge in [0, 0.05) is 9.79 Å². The minimum Gasteiger partial charge on any atom is -0.248 e. The molecule has 30 heavy (non-hydrogen) atoms. The van der Waals surface area contributed by atoms with E-state index in [0.717, 1.165) is 30.7 Å². The summed E-state index contributed by atoms with van der Waals surface area (Å²) in [6.07, 6.45) is 3.30. The Morgan fingerprint density at radius 1 is 0.667 bits per heavy atom. The molecule has 1 aliphatic carbocycles. The quantitative estimate of drug-likeness (QED) is 0.378. The summed E-state index contributed by atoms with van der Waals surface area (Å²) in [5, 5.41) is 4.59. The Hall–Kier alpha value is -2.49. The lowest BCUT2D eigenvalue weighted by atomic mass is 9.90. The Labute approximate surface area is 188 Å². The Kier molecular flexibility index (Phi) is 7.28. The summed E-state index contributed by atoms with van der Waals surface area (Å²) >= 11 is 3.57. The molecule has 0 bridgehead atoms. The number of benzene rings is 3. The van der Waals surface area contributed by atoms with Crippen molar-refractivity contribution in [2.24, 2.45) is 4.99 Å². The molecule has 0 spiro atoms. The summed E-state index contributed by atoms with van der Waals surface area (Å²) in [5.74, 6) is 0. The molecule has 0 amide bonds. The van der Waals surface area contributed by atoms with Crippen LogP contribution >= 0.6 is 23.5 Å². The molecule has 3 aromatic carbocycles. The van der Waals surface area contributed by atoms with Crippen molar-refractivity contribution in [3.8, 4) is 0 Å². The highest BCUT2D eigenvalue weighted by Crippen LogP contribution is 2.34. The highest BCUT2D eigenvalue weighted by atomic mass is 32.2. The number of nitrogens with zero attached hydrogens (tertiary/aromatic N) is 1. The minimum absolute atomic E-state index is 1.02. The van der Waals surface area contributed by atoms with Gasteiger partial charge in [-0.1, -0.05) is 77.6 Å². The number of allylic oxidation sites excluding steroid dienone is 2. The molecule has 0 atom stereocenters. The van der Waals surface area contributed by atoms with Crippen LogP contribution in [-0.2, 0) is 0 Å². The normalized spacial score (nSPS) is 18.2. The van der Waals surface area contributed by atoms with E-state index in [4.69, 9.17) is 4.99 Å². The maximum Gasteiger partial charge on any atom is 0.0711 e. The molecule has 0 saturated heterocycles. The zero-order valence-corrected chi connectivity index (χ0v) is 18.8. The number of aliphatic imine (C=N–C) groups is 1. The Morgan fingerprint density at radius 2 is 1.17 bits per heavy atom. The summed E-state index contributed by atoms with van der Waals surface area (Å²) in [6, 6.07) is 29.6. The van der Waals surface area contributed by atoms with Crippen LogP contribution in [0.5, 0.6) is 0 Å². The van der Waals surface area contributed by atoms with Crippen LogP contribution in [0.25, 0.3) is 0 Å². The highest BCUT2D eigenvalue weighted by molar-refractivity contribution is 8.02. The molecule has 0 unspecified atom stereocenters. The van der Waals surface area contributed by atoms with Gasteiger partial charge in [-0.25, -0.2) is 4.99 Å². The fourth-order valence-electron chi connectivity index (χ4n) is 3.31. The van der Waals surface area contributed by atoms with Crippen molar-refractivity contribution >= 4 is 34.9 Å². The first-order chi connectivity index (χ1) is 14.8. The van der Waals surface area contributed by atoms with E-state index in [-0.39, 0.29) is 0 Å². The SMILES string of the molecule is Cc1ccc(N=C2C(=CSc3ccccc3)CCC/C2=C\Sc2ccccc2)cc1. The maximum absolute atomic E-state index is 5.10. The second-order valence-electron chi connectivity index (χ2n) is 7.30. The van der Waals surface area contributed by atoms with Gasteiger partial charge in [-0.2, -0.15) is 0 Å². The van der Waals surface area contributed by atoms with Crippen molar-refractivity contribution in [1.82, 2.24) is 0 Å². The fourth-order valence-corrected chi connectivity index (χ4v) is 4.95. The van der Waals surface area contributed by atoms with E-state index in [1.807, 2.05) is 0 Å². The number of rotatable bonds is 5. The molecule has 0 heterocycles. The minimum atomic E-state index is 1.02. The molecule has 0 aromatic heterocycles. The van der Waals surface area contributed by atoms with Gasteiger partial charge in [0.05, 0.1) is 11.4 Å². The van der Waals surface area contributed by atoms with E-state index in [2.05, 4.69) is 103 Å². The topological polar surface area (TPSA) is 12.4 Å². The molecule has 3 heteroatoms. The Morgan fingerprint density at radius 3 is 1.67 bits per heavy atom. The third-order valence-corrected chi connectivity index (χ3v) is 6.83. The molecule has 4 rings (SSSR count). The molecule has 1 aliphatic rings. The first kappa shape index (κ1) is 20.8. The standard InChI is InChI=1S/C27H25NS2/c1-21-15-17-24(18-16-21)28-27-22(19-29-25-11-4-2-5-12-25)9-8-10-23(27)20-30-26-13-6-3-7-14-26/h2-7,11-20H,8-10H2,1H3/b22-19+,23-20?,28-27?. The van der Waals surface area contributed by atoms with Crippen LogP contribution < -0.4 is 0 Å². The van der Waals surface area contributed by atoms with E-state index < -0.39 is 0 Å². The molecule has 0 aliphatic heterocycles. The summed E-state index contributed by atoms with van der Waals surface area (Å²) in [7, 11) is 0. The van der Waals surface area contributed by atoms with Crippen LogP contribution in [0.2, 0.25) is 0 Å². The number of hydrogen-bond donors (Lipinski definition) is 0. The highest BCUT2D eigenvalue weighted by Gasteiger charge is 2.19. The lowest BCUT2D eigenvalue weighted by Crippen LogP contribution is -2.12. The van der Waals surface area contributed by atoms with E-state index in [1.165, 1.54) is 26.5 Å². The zero-order valence-electron chi connectivity index (χ0n) is 17.1. The first-order valence-corrected chi connectivity index (χ1v) is 12.0. The number of hydrogen-bond acceptors (Lipinski definition) is 3. The predicted octanol–water partition coefficient (Wildman–Crippen LogP) is 8.60. The van der Waals surface area contributed by atoms with E-state index in [9.17, 15) is 0 Å². The molecule has 0 N–H and O–H groups in total. The molecular formula is C27H25NS2. The Bertz CT molecular complexity index is 988. The lowest BCUT2D eigenvalue weighted by molar-refractivity contribution is 0.814. The second kappa shape index (κ2) is 10.5. The number of thioether (sulfide) groups is 2. The second-order valence-corrected chi connectivity index (χ2v) is 9.18. The molecule has 1 saturated carbocycles. The van der Waals surface area contributed by atoms with Crippen LogP contribution in [0.15, 0.2) is 122 Å². The van der Waals surface area contributed by atoms with Crippen molar-refractivity contribution in [2.75, 3.05) is 0 Å². The van der Waals surface area contributed by atoms with Gasteiger partial charge in [0.2, 0.25) is 0 Å². The smallest absolute Gasteiger partial charge is 0.0711 e. The molecular weight excluding hydrogens is 402 g/mol. The average Bonchev–Trinajstić information content (AvgIpc) is 2.80. The van der Waals surface area contributed by atoms with E-state index in [1.54, 1.807) is 23.5 Å². The van der Waals surface area contributed by atoms with Crippen LogP contribution in [0.1, 0.15) is 24.8 Å². The Balaban J connectivity index is 1.66. The van der Waals surface area contributed by atoms with Crippen LogP contribution in [0.4, 0.5) is 5.69 Å². The summed E-state index contributed by atoms with van der Waals surface area (Å²) in [5.41, 5.74) is 6.07. The third kappa shape index (κ3) is 5.78. The van der Waals surface area contributed by atoms with Crippen LogP contribution in [0.3, 0.4) is 0 Å². The molecule has 150 valence electrons. The van der Waals surface area contributed by atoms with Gasteiger partial charge in [-0.3, -0.25) is 0 Å². The van der Waals surface area contributed by atoms with Crippen LogP contribution in [-0.4, -0.2) is 5.71 Å². The van der Waals surface area contributed by atoms with Gasteiger partial charge in [0.15, 0.2) is 0 Å². The van der Waals surface area contributed by atoms with Gasteiger partial charge in [0.1, 0.15) is 0 Å². The molecule has 3 aromatic rings. The van der Waals surface area contributed by atoms with Crippen molar-refractivity contribution in [3.63, 3.8) is 0 Å². The van der Waals surface area contributed by atoms with Crippen molar-refractivity contribution < 1.29 is 0 Å². The third-order valence-electron chi connectivity index (χ3n) is 4.94. The first-order valence-electron chi connectivity index (χ1n) is 10.3. The van der Waals surface area contributed by atoms with Gasteiger partial charge in [-0.15, -0.1) is 0 Å². The van der Waals surface area contributed by atoms with Crippen molar-refractivity contribution in [1.29, 1.82) is 0 Å². The molecule has 0 radical (unpaired) electrons. The van der Waals surface area contributed by atoms with Crippen LogP contribution in [0, 0.1) is 6.92 Å². The van der Waals surface area contributed by atoms with Crippen molar-refractivity contribution in [2.45, 2.75) is 36.0 Å². The van der Waals surface area contributed by atoms with Gasteiger partial charge in [0.25, 0.3) is 0 Å². The zero-order chi connectivity index (χ0) is 20.6. The fraction of sp³-hybridized carbons (Fsp3) is 0.148. The lowest BCUT2D eigenvalue weighted by Gasteiger charge is -2.21. The molecule has 1 fully saturated rings. The monoisotopic (exact) mass is 427 g/mol. The van der Waals surface area contributed by atoms with Gasteiger partial charge in [-0.05, 0) is 84.5 Å². The largest absolute Gasteiger partial charge is 0.248 e. The maximum atomic E-state index is 5.10. The predicted molar refractivity (Wildman–Crippen MR) is 133 cm³/mol. The summed E-state index contributed by atoms with van der Waals surface area (Å²) in [6.45, 7) is 2.11. The summed E-state index contributed by atoms with van der Waals surface area (Å²) < 4.78 is 0. The van der Waals surface area contributed by atoms with Gasteiger partial charge >= 0.3 is 0 Å². The van der Waals surface area contributed by atoms with E-state index in [0.29, 0.717) is 0 Å². The van der Waals surface area contributed by atoms with Gasteiger partial charge < -0.3 is 0 Å². The summed E-state index contributed by atoms with van der Waals surface area (Å²) in [4.78, 5) is 7.62. The van der Waals surface area contributed by atoms with E-state index >= 15 is 0 Å². The van der Waals surface area contributed by atoms with Crippen molar-refractivity contribution in [3.05, 3.63) is 112 Å². The average molecular weight is 428 g/mol.